The third-order valence-corrected chi connectivity index (χ3v) is 9.94. The van der Waals surface area contributed by atoms with Crippen molar-refractivity contribution in [3.8, 4) is 11.5 Å². The predicted molar refractivity (Wildman–Crippen MR) is 164 cm³/mol. The number of aliphatic hydroxyl groups excluding tert-OH is 2. The number of unbranched alkanes of at least 4 members (excludes halogenated alkanes) is 2. The third kappa shape index (κ3) is 6.13. The number of nitrogens with zero attached hydrogens (tertiary/aromatic N) is 4. The van der Waals surface area contributed by atoms with Crippen molar-refractivity contribution >= 4 is 11.7 Å². The number of allylic oxidation sites excluding steroid dienone is 1. The molecule has 2 aromatic rings. The van der Waals surface area contributed by atoms with Crippen molar-refractivity contribution in [3.63, 3.8) is 0 Å². The molecule has 0 spiro atoms. The van der Waals surface area contributed by atoms with E-state index in [0.29, 0.717) is 37.3 Å². The number of carbonyl (C=O) groups is 1. The first-order valence-corrected chi connectivity index (χ1v) is 16.4. The molecule has 0 amide bonds. The van der Waals surface area contributed by atoms with E-state index >= 15 is 0 Å². The van der Waals surface area contributed by atoms with E-state index < -0.39 is 30.0 Å². The smallest absolute Gasteiger partial charge is 0.358 e. The number of ether oxygens (including phenoxy) is 3. The zero-order chi connectivity index (χ0) is 32.3. The number of hydrogen-bond donors (Lipinski definition) is 4. The molecule has 0 bridgehead atoms. The molecule has 2 aliphatic heterocycles. The number of methoxy groups -OCH3 is 1. The molecule has 1 saturated carbocycles. The van der Waals surface area contributed by atoms with Crippen LogP contribution in [0, 0.1) is 17.8 Å². The Hall–Kier alpha value is -3.52. The molecule has 1 saturated heterocycles. The summed E-state index contributed by atoms with van der Waals surface area (Å²) in [5, 5.41) is 55.7. The predicted octanol–water partition coefficient (Wildman–Crippen LogP) is 3.59. The average Bonchev–Trinajstić information content (AvgIpc) is 3.55. The lowest BCUT2D eigenvalue weighted by molar-refractivity contribution is -0.225. The molecule has 7 atom stereocenters. The molecule has 2 aliphatic carbocycles. The molecule has 0 radical (unpaired) electrons. The second-order valence-corrected chi connectivity index (χ2v) is 12.7. The van der Waals surface area contributed by atoms with Crippen LogP contribution in [-0.4, -0.2) is 86.1 Å². The summed E-state index contributed by atoms with van der Waals surface area (Å²) >= 11 is 0. The lowest BCUT2D eigenvalue weighted by Crippen LogP contribution is -2.62. The first-order valence-electron chi connectivity index (χ1n) is 16.4. The highest BCUT2D eigenvalue weighted by atomic mass is 16.8. The molecular formula is C33H44N4O9. The molecule has 3 heterocycles. The Morgan fingerprint density at radius 1 is 1.15 bits per heavy atom. The van der Waals surface area contributed by atoms with Crippen LogP contribution in [0.15, 0.2) is 41.2 Å². The molecule has 6 rings (SSSR count). The average molecular weight is 641 g/mol. The fourth-order valence-electron chi connectivity index (χ4n) is 7.85. The van der Waals surface area contributed by atoms with Crippen LogP contribution in [0.3, 0.4) is 0 Å². The number of carbonyl (C=O) groups excluding carboxylic acids is 1. The normalized spacial score (nSPS) is 31.0. The number of oxime groups is 1. The number of fused-ring (bicyclic) bond motifs is 2. The second kappa shape index (κ2) is 14.1. The van der Waals surface area contributed by atoms with Crippen molar-refractivity contribution in [3.05, 3.63) is 47.3 Å². The van der Waals surface area contributed by atoms with Crippen LogP contribution in [0.5, 0.6) is 11.5 Å². The summed E-state index contributed by atoms with van der Waals surface area (Å²) < 4.78 is 18.7. The molecular weight excluding hydrogens is 596 g/mol. The topological polar surface area (TPSA) is 178 Å². The van der Waals surface area contributed by atoms with E-state index in [9.17, 15) is 25.2 Å². The van der Waals surface area contributed by atoms with Crippen molar-refractivity contribution < 1.29 is 44.3 Å². The number of aliphatic hydroxyl groups is 3. The lowest BCUT2D eigenvalue weighted by Gasteiger charge is -2.56. The molecule has 4 N–H and O–H groups in total. The molecule has 2 fully saturated rings. The minimum atomic E-state index is -1.90. The molecule has 13 nitrogen and oxygen atoms in total. The van der Waals surface area contributed by atoms with Gasteiger partial charge in [0.1, 0.15) is 17.5 Å². The molecule has 13 heteroatoms. The van der Waals surface area contributed by atoms with Gasteiger partial charge in [0.25, 0.3) is 0 Å². The Morgan fingerprint density at radius 3 is 2.70 bits per heavy atom. The van der Waals surface area contributed by atoms with E-state index in [-0.39, 0.29) is 48.8 Å². The van der Waals surface area contributed by atoms with Crippen LogP contribution in [0.1, 0.15) is 92.2 Å². The number of phenols is 1. The van der Waals surface area contributed by atoms with Crippen LogP contribution < -0.4 is 4.74 Å². The summed E-state index contributed by atoms with van der Waals surface area (Å²) in [6.45, 7) is 0.756. The fraction of sp³-hybridized carbons (Fsp3) is 0.636. The van der Waals surface area contributed by atoms with E-state index in [1.807, 2.05) is 0 Å². The van der Waals surface area contributed by atoms with Gasteiger partial charge in [-0.3, -0.25) is 0 Å². The van der Waals surface area contributed by atoms with E-state index in [4.69, 9.17) is 19.0 Å². The van der Waals surface area contributed by atoms with Gasteiger partial charge < -0.3 is 39.5 Å². The molecule has 4 aliphatic rings. The summed E-state index contributed by atoms with van der Waals surface area (Å²) in [6, 6.07) is 3.94. The van der Waals surface area contributed by atoms with Gasteiger partial charge in [-0.15, -0.1) is 5.10 Å². The van der Waals surface area contributed by atoms with Crippen LogP contribution in [0.2, 0.25) is 0 Å². The van der Waals surface area contributed by atoms with Crippen molar-refractivity contribution in [1.82, 2.24) is 15.0 Å². The molecule has 1 unspecified atom stereocenters. The molecule has 250 valence electrons. The highest BCUT2D eigenvalue weighted by molar-refractivity contribution is 6.02. The monoisotopic (exact) mass is 640 g/mol. The summed E-state index contributed by atoms with van der Waals surface area (Å²) in [4.78, 5) is 18.8. The highest BCUT2D eigenvalue weighted by Crippen LogP contribution is 2.62. The molecule has 1 aromatic carbocycles. The Balaban J connectivity index is 1.53. The van der Waals surface area contributed by atoms with E-state index in [0.717, 1.165) is 49.7 Å². The summed E-state index contributed by atoms with van der Waals surface area (Å²) in [7, 11) is 1.27. The number of phenolic OH excluding ortho intramolecular Hbond substituents is 1. The van der Waals surface area contributed by atoms with E-state index in [2.05, 4.69) is 21.5 Å². The quantitative estimate of drug-likeness (QED) is 0.151. The van der Waals surface area contributed by atoms with Gasteiger partial charge in [0, 0.05) is 37.5 Å². The van der Waals surface area contributed by atoms with Gasteiger partial charge in [-0.1, -0.05) is 29.3 Å². The van der Waals surface area contributed by atoms with Crippen molar-refractivity contribution in [1.29, 1.82) is 0 Å². The Kier molecular flexibility index (Phi) is 9.92. The van der Waals surface area contributed by atoms with Gasteiger partial charge in [-0.25, -0.2) is 9.48 Å². The Labute approximate surface area is 267 Å². The largest absolute Gasteiger partial charge is 0.508 e. The summed E-state index contributed by atoms with van der Waals surface area (Å²) in [5.41, 5.74) is 2.18. The van der Waals surface area contributed by atoms with E-state index in [1.165, 1.54) is 24.1 Å². The van der Waals surface area contributed by atoms with Gasteiger partial charge >= 0.3 is 5.97 Å². The molecule has 46 heavy (non-hydrogen) atoms. The number of rotatable bonds is 12. The van der Waals surface area contributed by atoms with E-state index in [1.54, 1.807) is 12.1 Å². The maximum atomic E-state index is 12.9. The maximum absolute atomic E-state index is 12.9. The minimum Gasteiger partial charge on any atom is -0.508 e. The summed E-state index contributed by atoms with van der Waals surface area (Å²) in [5.74, 6) is -3.02. The SMILES string of the molecule is COC(=O)c1cnnn1[C@H]1CC(=NOC2CCCCO2)C2=C[C@H](CCCCO)[C@@H](CCCCO)[C@@H]3c4cc(O)ccc4O[C@@]1(O)[C@H]23. The van der Waals surface area contributed by atoms with Crippen LogP contribution in [0.4, 0.5) is 0 Å². The van der Waals surface area contributed by atoms with Gasteiger partial charge in [0.2, 0.25) is 12.1 Å². The zero-order valence-corrected chi connectivity index (χ0v) is 26.2. The first-order chi connectivity index (χ1) is 22.4. The van der Waals surface area contributed by atoms with Crippen LogP contribution in [0.25, 0.3) is 0 Å². The van der Waals surface area contributed by atoms with Crippen LogP contribution >= 0.6 is 0 Å². The van der Waals surface area contributed by atoms with Gasteiger partial charge in [0.05, 0.1) is 31.5 Å². The maximum Gasteiger partial charge on any atom is 0.358 e. The van der Waals surface area contributed by atoms with Crippen molar-refractivity contribution in [2.24, 2.45) is 22.9 Å². The second-order valence-electron chi connectivity index (χ2n) is 12.7. The highest BCUT2D eigenvalue weighted by Gasteiger charge is 2.63. The standard InChI is InChI=1S/C33H44N4O9/c1-43-32(41)26-19-34-36-37(26)28-18-25(35-46-29-10-4-7-15-44-29)23-16-20(8-2-5-13-38)22(9-3-6-14-39)30-24-17-21(40)11-12-27(24)45-33(28,42)31(23)30/h11-12,16-17,19-20,22,28-31,38-40,42H,2-10,13-15,18H2,1H3/t20-,22+,28-,29?,30+,31+,33+/m0/s1. The number of benzene rings is 1. The van der Waals surface area contributed by atoms with Crippen molar-refractivity contribution in [2.75, 3.05) is 26.9 Å². The van der Waals surface area contributed by atoms with Gasteiger partial charge in [-0.05, 0) is 74.1 Å². The van der Waals surface area contributed by atoms with Crippen LogP contribution in [-0.2, 0) is 14.3 Å². The van der Waals surface area contributed by atoms with Gasteiger partial charge in [0.15, 0.2) is 5.69 Å². The number of hydrogen-bond acceptors (Lipinski definition) is 12. The van der Waals surface area contributed by atoms with Gasteiger partial charge in [-0.2, -0.15) is 0 Å². The number of aromatic nitrogens is 3. The minimum absolute atomic E-state index is 0.00612. The van der Waals surface area contributed by atoms with Crippen molar-refractivity contribution in [2.45, 2.75) is 88.2 Å². The fourth-order valence-corrected chi connectivity index (χ4v) is 7.85. The third-order valence-electron chi connectivity index (χ3n) is 9.94. The number of aromatic hydroxyl groups is 1. The first kappa shape index (κ1) is 32.4. The summed E-state index contributed by atoms with van der Waals surface area (Å²) in [6.07, 6.45) is 10.1. The molecule has 1 aromatic heterocycles. The lowest BCUT2D eigenvalue weighted by atomic mass is 9.55. The Bertz CT molecular complexity index is 1440. The number of esters is 1. The Morgan fingerprint density at radius 2 is 1.96 bits per heavy atom. The zero-order valence-electron chi connectivity index (χ0n) is 26.2.